The molecule has 17 heavy (non-hydrogen) atoms. The third-order valence-electron chi connectivity index (χ3n) is 1.78. The molecule has 6 heteroatoms. The van der Waals surface area contributed by atoms with E-state index in [0.29, 0.717) is 0 Å². The van der Waals surface area contributed by atoms with Crippen LogP contribution in [-0.4, -0.2) is 23.7 Å². The molecule has 0 atom stereocenters. The van der Waals surface area contributed by atoms with Crippen LogP contribution >= 0.6 is 0 Å². The minimum Gasteiger partial charge on any atom is -0.505 e. The third-order valence-corrected chi connectivity index (χ3v) is 1.78. The molecule has 0 aliphatic rings. The molecule has 1 N–H and O–H groups in total. The average molecular weight is 246 g/mol. The van der Waals surface area contributed by atoms with Crippen LogP contribution in [0.25, 0.3) is 0 Å². The van der Waals surface area contributed by atoms with Crippen molar-refractivity contribution in [3.05, 3.63) is 42.2 Å². The Hall–Kier alpha value is -1.98. The molecule has 0 aliphatic heterocycles. The number of Topliss-reactive ketones (excluding diaryl/α,β-unsaturated/α-hetero) is 1. The lowest BCUT2D eigenvalue weighted by Crippen LogP contribution is -2.19. The molecule has 0 bridgehead atoms. The van der Waals surface area contributed by atoms with Crippen LogP contribution in [0.4, 0.5) is 13.2 Å². The first-order valence-electron chi connectivity index (χ1n) is 4.52. The summed E-state index contributed by atoms with van der Waals surface area (Å²) in [5.41, 5.74) is 0.122. The van der Waals surface area contributed by atoms with Crippen molar-refractivity contribution >= 4 is 5.78 Å². The molecule has 0 unspecified atom stereocenters. The summed E-state index contributed by atoms with van der Waals surface area (Å²) >= 11 is 0. The second-order valence-corrected chi connectivity index (χ2v) is 3.20. The van der Waals surface area contributed by atoms with E-state index in [4.69, 9.17) is 5.11 Å². The standard InChI is InChI=1S/C11H9F3O3/c1-7(15)10(16)8-2-4-9(5-3-8)17-6-11(12,13)14/h2-5,15H,1,6H2. The molecule has 0 saturated carbocycles. The van der Waals surface area contributed by atoms with E-state index in [1.165, 1.54) is 24.3 Å². The number of benzene rings is 1. The topological polar surface area (TPSA) is 46.5 Å². The molecule has 0 radical (unpaired) electrons. The maximum atomic E-state index is 11.8. The number of aliphatic hydroxyl groups excluding tert-OH is 1. The van der Waals surface area contributed by atoms with Crippen LogP contribution in [0.3, 0.4) is 0 Å². The Morgan fingerprint density at radius 2 is 1.82 bits per heavy atom. The maximum Gasteiger partial charge on any atom is 0.422 e. The summed E-state index contributed by atoms with van der Waals surface area (Å²) < 4.78 is 39.9. The summed E-state index contributed by atoms with van der Waals surface area (Å²) in [6, 6.07) is 4.91. The molecule has 0 amide bonds. The highest BCUT2D eigenvalue weighted by Gasteiger charge is 2.28. The first-order valence-corrected chi connectivity index (χ1v) is 4.52. The number of carbonyl (C=O) groups is 1. The van der Waals surface area contributed by atoms with Crippen LogP contribution < -0.4 is 4.74 Å². The highest BCUT2D eigenvalue weighted by molar-refractivity contribution is 6.06. The van der Waals surface area contributed by atoms with Crippen LogP contribution in [-0.2, 0) is 0 Å². The van der Waals surface area contributed by atoms with Gasteiger partial charge in [-0.3, -0.25) is 4.79 Å². The first kappa shape index (κ1) is 13.1. The van der Waals surface area contributed by atoms with Gasteiger partial charge in [0, 0.05) is 5.56 Å². The van der Waals surface area contributed by atoms with Gasteiger partial charge in [-0.25, -0.2) is 0 Å². The lowest BCUT2D eigenvalue weighted by molar-refractivity contribution is -0.153. The van der Waals surface area contributed by atoms with Gasteiger partial charge in [0.05, 0.1) is 0 Å². The fourth-order valence-electron chi connectivity index (χ4n) is 1.03. The molecule has 1 rings (SSSR count). The summed E-state index contributed by atoms with van der Waals surface area (Å²) in [6.07, 6.45) is -4.41. The summed E-state index contributed by atoms with van der Waals surface area (Å²) in [4.78, 5) is 11.2. The van der Waals surface area contributed by atoms with Crippen LogP contribution in [0.1, 0.15) is 10.4 Å². The van der Waals surface area contributed by atoms with Crippen molar-refractivity contribution in [2.45, 2.75) is 6.18 Å². The number of hydrogen-bond donors (Lipinski definition) is 1. The minimum atomic E-state index is -4.41. The Bertz CT molecular complexity index is 421. The van der Waals surface area contributed by atoms with Crippen molar-refractivity contribution in [3.8, 4) is 5.75 Å². The Morgan fingerprint density at radius 3 is 2.24 bits per heavy atom. The van der Waals surface area contributed by atoms with Gasteiger partial charge in [-0.05, 0) is 24.3 Å². The molecule has 0 saturated heterocycles. The number of aliphatic hydroxyl groups is 1. The quantitative estimate of drug-likeness (QED) is 0.504. The molecule has 1 aromatic carbocycles. The zero-order valence-electron chi connectivity index (χ0n) is 8.62. The number of carbonyl (C=O) groups excluding carboxylic acids is 1. The van der Waals surface area contributed by atoms with Crippen molar-refractivity contribution in [3.63, 3.8) is 0 Å². The summed E-state index contributed by atoms with van der Waals surface area (Å²) in [6.45, 7) is 1.65. The lowest BCUT2D eigenvalue weighted by Gasteiger charge is -2.09. The zero-order valence-corrected chi connectivity index (χ0v) is 8.62. The van der Waals surface area contributed by atoms with Gasteiger partial charge in [0.25, 0.3) is 0 Å². The van der Waals surface area contributed by atoms with E-state index in [1.54, 1.807) is 0 Å². The highest BCUT2D eigenvalue weighted by Crippen LogP contribution is 2.19. The maximum absolute atomic E-state index is 11.8. The fraction of sp³-hybridized carbons (Fsp3) is 0.182. The van der Waals surface area contributed by atoms with Crippen LogP contribution in [0.15, 0.2) is 36.6 Å². The van der Waals surface area contributed by atoms with E-state index in [-0.39, 0.29) is 11.3 Å². The smallest absolute Gasteiger partial charge is 0.422 e. The van der Waals surface area contributed by atoms with Crippen molar-refractivity contribution in [1.82, 2.24) is 0 Å². The predicted molar refractivity (Wildman–Crippen MR) is 54.1 cm³/mol. The molecule has 0 aromatic heterocycles. The molecule has 0 aliphatic carbocycles. The van der Waals surface area contributed by atoms with Gasteiger partial charge in [0.1, 0.15) is 5.75 Å². The first-order chi connectivity index (χ1) is 7.79. The zero-order chi connectivity index (χ0) is 13.1. The molecular formula is C11H9F3O3. The Labute approximate surface area is 95.1 Å². The highest BCUT2D eigenvalue weighted by atomic mass is 19.4. The average Bonchev–Trinajstić information content (AvgIpc) is 2.25. The van der Waals surface area contributed by atoms with Crippen molar-refractivity contribution in [2.24, 2.45) is 0 Å². The van der Waals surface area contributed by atoms with E-state index in [0.717, 1.165) is 0 Å². The van der Waals surface area contributed by atoms with Gasteiger partial charge in [-0.1, -0.05) is 6.58 Å². The van der Waals surface area contributed by atoms with Gasteiger partial charge in [-0.15, -0.1) is 0 Å². The van der Waals surface area contributed by atoms with E-state index in [9.17, 15) is 18.0 Å². The molecule has 0 heterocycles. The summed E-state index contributed by atoms with van der Waals surface area (Å²) in [7, 11) is 0. The number of allylic oxidation sites excluding steroid dienone is 1. The molecular weight excluding hydrogens is 237 g/mol. The lowest BCUT2D eigenvalue weighted by atomic mass is 10.1. The van der Waals surface area contributed by atoms with Crippen LogP contribution in [0.2, 0.25) is 0 Å². The minimum absolute atomic E-state index is 0.0116. The van der Waals surface area contributed by atoms with Crippen molar-refractivity contribution in [2.75, 3.05) is 6.61 Å². The molecule has 0 fully saturated rings. The monoisotopic (exact) mass is 246 g/mol. The van der Waals surface area contributed by atoms with Gasteiger partial charge < -0.3 is 9.84 Å². The van der Waals surface area contributed by atoms with Gasteiger partial charge >= 0.3 is 6.18 Å². The molecule has 0 spiro atoms. The number of alkyl halides is 3. The van der Waals surface area contributed by atoms with Gasteiger partial charge in [0.2, 0.25) is 5.78 Å². The van der Waals surface area contributed by atoms with E-state index >= 15 is 0 Å². The fourth-order valence-corrected chi connectivity index (χ4v) is 1.03. The number of rotatable bonds is 4. The molecule has 1 aromatic rings. The summed E-state index contributed by atoms with van der Waals surface area (Å²) in [5, 5.41) is 8.83. The Kier molecular flexibility index (Phi) is 3.77. The number of hydrogen-bond acceptors (Lipinski definition) is 3. The van der Waals surface area contributed by atoms with Crippen LogP contribution in [0, 0.1) is 0 Å². The molecule has 3 nitrogen and oxygen atoms in total. The third kappa shape index (κ3) is 4.18. The Balaban J connectivity index is 2.69. The van der Waals surface area contributed by atoms with Crippen LogP contribution in [0.5, 0.6) is 5.75 Å². The van der Waals surface area contributed by atoms with E-state index in [1.807, 2.05) is 0 Å². The van der Waals surface area contributed by atoms with Crippen molar-refractivity contribution < 1.29 is 27.8 Å². The number of ketones is 1. The van der Waals surface area contributed by atoms with E-state index in [2.05, 4.69) is 11.3 Å². The molecule has 92 valence electrons. The largest absolute Gasteiger partial charge is 0.505 e. The summed E-state index contributed by atoms with van der Waals surface area (Å²) in [5.74, 6) is -1.33. The normalized spacial score (nSPS) is 11.0. The Morgan fingerprint density at radius 1 is 1.29 bits per heavy atom. The number of ether oxygens (including phenoxy) is 1. The van der Waals surface area contributed by atoms with E-state index < -0.39 is 24.3 Å². The van der Waals surface area contributed by atoms with Gasteiger partial charge in [0.15, 0.2) is 12.4 Å². The second kappa shape index (κ2) is 4.90. The number of halogens is 3. The van der Waals surface area contributed by atoms with Gasteiger partial charge in [-0.2, -0.15) is 13.2 Å². The SMILES string of the molecule is C=C(O)C(=O)c1ccc(OCC(F)(F)F)cc1. The van der Waals surface area contributed by atoms with Crippen molar-refractivity contribution in [1.29, 1.82) is 0 Å². The predicted octanol–water partition coefficient (Wildman–Crippen LogP) is 2.88. The second-order valence-electron chi connectivity index (χ2n) is 3.20.